The van der Waals surface area contributed by atoms with Crippen LogP contribution in [0.2, 0.25) is 5.02 Å². The lowest BCUT2D eigenvalue weighted by Crippen LogP contribution is -2.30. The van der Waals surface area contributed by atoms with Crippen LogP contribution < -0.4 is 4.74 Å². The SMILES string of the molecule is CCCOc1ccc(-c2nn(-c3ccccc3)cc2/C=C2\SC(=S)N([C@@H](C)c3ccccc3)C2=O)cc1Cl. The second-order valence-corrected chi connectivity index (χ2v) is 10.9. The molecular weight excluding hydrogens is 534 g/mol. The molecule has 4 aromatic rings. The summed E-state index contributed by atoms with van der Waals surface area (Å²) in [6.45, 7) is 4.64. The zero-order chi connectivity index (χ0) is 26.6. The predicted molar refractivity (Wildman–Crippen MR) is 160 cm³/mol. The molecule has 0 aliphatic carbocycles. The topological polar surface area (TPSA) is 47.4 Å². The lowest BCUT2D eigenvalue weighted by atomic mass is 10.1. The highest BCUT2D eigenvalue weighted by molar-refractivity contribution is 8.26. The first-order chi connectivity index (χ1) is 18.5. The van der Waals surface area contributed by atoms with Gasteiger partial charge in [-0.3, -0.25) is 9.69 Å². The molecule has 5 rings (SSSR count). The number of halogens is 1. The summed E-state index contributed by atoms with van der Waals surface area (Å²) in [5.41, 5.74) is 4.27. The van der Waals surface area contributed by atoms with Gasteiger partial charge in [0.2, 0.25) is 0 Å². The highest BCUT2D eigenvalue weighted by atomic mass is 35.5. The Labute approximate surface area is 237 Å². The molecule has 38 heavy (non-hydrogen) atoms. The number of ether oxygens (including phenoxy) is 1. The van der Waals surface area contributed by atoms with Crippen molar-refractivity contribution in [2.75, 3.05) is 6.61 Å². The number of para-hydroxylation sites is 1. The molecule has 0 radical (unpaired) electrons. The van der Waals surface area contributed by atoms with Gasteiger partial charge in [-0.25, -0.2) is 4.68 Å². The van der Waals surface area contributed by atoms with E-state index in [0.717, 1.165) is 28.8 Å². The zero-order valence-corrected chi connectivity index (χ0v) is 23.4. The number of aromatic nitrogens is 2. The number of hydrogen-bond acceptors (Lipinski definition) is 5. The first kappa shape index (κ1) is 26.2. The summed E-state index contributed by atoms with van der Waals surface area (Å²) < 4.78 is 8.09. The number of nitrogens with zero attached hydrogens (tertiary/aromatic N) is 3. The van der Waals surface area contributed by atoms with Crippen LogP contribution >= 0.6 is 35.6 Å². The maximum atomic E-state index is 13.5. The minimum absolute atomic E-state index is 0.115. The summed E-state index contributed by atoms with van der Waals surface area (Å²) >= 11 is 13.5. The maximum absolute atomic E-state index is 13.5. The van der Waals surface area contributed by atoms with E-state index in [4.69, 9.17) is 33.7 Å². The summed E-state index contributed by atoms with van der Waals surface area (Å²) in [4.78, 5) is 15.8. The minimum atomic E-state index is -0.171. The van der Waals surface area contributed by atoms with E-state index in [1.54, 1.807) is 4.90 Å². The summed E-state index contributed by atoms with van der Waals surface area (Å²) in [5.74, 6) is 0.521. The first-order valence-electron chi connectivity index (χ1n) is 12.4. The predicted octanol–water partition coefficient (Wildman–Crippen LogP) is 7.94. The maximum Gasteiger partial charge on any atom is 0.266 e. The Morgan fingerprint density at radius 1 is 1.08 bits per heavy atom. The number of benzene rings is 3. The van der Waals surface area contributed by atoms with Crippen molar-refractivity contribution in [2.45, 2.75) is 26.3 Å². The molecule has 1 aliphatic heterocycles. The quantitative estimate of drug-likeness (QED) is 0.162. The molecule has 1 saturated heterocycles. The number of amides is 1. The number of rotatable bonds is 8. The van der Waals surface area contributed by atoms with Crippen molar-refractivity contribution < 1.29 is 9.53 Å². The minimum Gasteiger partial charge on any atom is -0.492 e. The third-order valence-electron chi connectivity index (χ3n) is 6.21. The van der Waals surface area contributed by atoms with Crippen LogP contribution in [-0.2, 0) is 4.79 Å². The molecule has 1 fully saturated rings. The van der Waals surface area contributed by atoms with E-state index in [1.807, 2.05) is 110 Å². The lowest BCUT2D eigenvalue weighted by molar-refractivity contribution is -0.123. The van der Waals surface area contributed by atoms with E-state index < -0.39 is 0 Å². The van der Waals surface area contributed by atoms with Crippen LogP contribution in [0, 0.1) is 0 Å². The average molecular weight is 560 g/mol. The van der Waals surface area contributed by atoms with Crippen LogP contribution in [0.4, 0.5) is 0 Å². The van der Waals surface area contributed by atoms with Crippen LogP contribution in [0.15, 0.2) is 90.0 Å². The van der Waals surface area contributed by atoms with Gasteiger partial charge in [0.05, 0.1) is 28.3 Å². The molecule has 2 heterocycles. The molecule has 8 heteroatoms. The fraction of sp³-hybridized carbons (Fsp3) is 0.167. The second-order valence-electron chi connectivity index (χ2n) is 8.85. The molecule has 1 aromatic heterocycles. The van der Waals surface area contributed by atoms with Gasteiger partial charge in [-0.2, -0.15) is 5.10 Å². The van der Waals surface area contributed by atoms with E-state index >= 15 is 0 Å². The van der Waals surface area contributed by atoms with E-state index in [1.165, 1.54) is 11.8 Å². The Morgan fingerprint density at radius 3 is 2.47 bits per heavy atom. The largest absolute Gasteiger partial charge is 0.492 e. The van der Waals surface area contributed by atoms with Gasteiger partial charge in [0.15, 0.2) is 0 Å². The molecule has 5 nitrogen and oxygen atoms in total. The number of carbonyl (C=O) groups excluding carboxylic acids is 1. The molecule has 1 amide bonds. The summed E-state index contributed by atoms with van der Waals surface area (Å²) in [6, 6.07) is 25.2. The molecule has 1 atom stereocenters. The fourth-order valence-electron chi connectivity index (χ4n) is 4.24. The Hall–Kier alpha value is -3.39. The van der Waals surface area contributed by atoms with Gasteiger partial charge in [-0.05, 0) is 55.3 Å². The van der Waals surface area contributed by atoms with Gasteiger partial charge in [0.25, 0.3) is 5.91 Å². The van der Waals surface area contributed by atoms with Crippen molar-refractivity contribution in [3.63, 3.8) is 0 Å². The number of carbonyl (C=O) groups is 1. The molecule has 0 unspecified atom stereocenters. The van der Waals surface area contributed by atoms with Gasteiger partial charge in [-0.1, -0.05) is 91.0 Å². The van der Waals surface area contributed by atoms with Gasteiger partial charge < -0.3 is 4.74 Å². The van der Waals surface area contributed by atoms with Gasteiger partial charge >= 0.3 is 0 Å². The van der Waals surface area contributed by atoms with E-state index in [0.29, 0.717) is 32.3 Å². The summed E-state index contributed by atoms with van der Waals surface area (Å²) in [6.07, 6.45) is 4.69. The molecule has 192 valence electrons. The Kier molecular flexibility index (Phi) is 7.98. The van der Waals surface area contributed by atoms with E-state index in [9.17, 15) is 4.79 Å². The first-order valence-corrected chi connectivity index (χ1v) is 14.0. The van der Waals surface area contributed by atoms with Crippen LogP contribution in [0.25, 0.3) is 23.0 Å². The van der Waals surface area contributed by atoms with Crippen molar-refractivity contribution in [1.82, 2.24) is 14.7 Å². The zero-order valence-electron chi connectivity index (χ0n) is 21.0. The smallest absolute Gasteiger partial charge is 0.266 e. The average Bonchev–Trinajstić information content (AvgIpc) is 3.48. The second kappa shape index (κ2) is 11.6. The summed E-state index contributed by atoms with van der Waals surface area (Å²) in [7, 11) is 0. The Bertz CT molecular complexity index is 1500. The van der Waals surface area contributed by atoms with Crippen molar-refractivity contribution in [2.24, 2.45) is 0 Å². The molecule has 3 aromatic carbocycles. The Morgan fingerprint density at radius 2 is 1.79 bits per heavy atom. The van der Waals surface area contributed by atoms with Crippen molar-refractivity contribution in [1.29, 1.82) is 0 Å². The third kappa shape index (κ3) is 5.41. The number of thioether (sulfide) groups is 1. The van der Waals surface area contributed by atoms with Crippen molar-refractivity contribution in [3.8, 4) is 22.7 Å². The van der Waals surface area contributed by atoms with E-state index in [2.05, 4.69) is 0 Å². The molecular formula is C30H26ClN3O2S2. The number of hydrogen-bond donors (Lipinski definition) is 0. The summed E-state index contributed by atoms with van der Waals surface area (Å²) in [5, 5.41) is 5.39. The molecule has 0 saturated carbocycles. The van der Waals surface area contributed by atoms with Crippen LogP contribution in [0.5, 0.6) is 5.75 Å². The Balaban J connectivity index is 1.54. The van der Waals surface area contributed by atoms with Gasteiger partial charge in [0.1, 0.15) is 15.8 Å². The van der Waals surface area contributed by atoms with Crippen LogP contribution in [0.3, 0.4) is 0 Å². The fourth-order valence-corrected chi connectivity index (χ4v) is 5.89. The number of thiocarbonyl (C=S) groups is 1. The van der Waals surface area contributed by atoms with Crippen LogP contribution in [-0.4, -0.2) is 31.5 Å². The normalized spacial score (nSPS) is 15.3. The van der Waals surface area contributed by atoms with Crippen molar-refractivity contribution >= 4 is 51.9 Å². The molecule has 0 N–H and O–H groups in total. The van der Waals surface area contributed by atoms with E-state index in [-0.39, 0.29) is 11.9 Å². The monoisotopic (exact) mass is 559 g/mol. The highest BCUT2D eigenvalue weighted by Gasteiger charge is 2.36. The van der Waals surface area contributed by atoms with Gasteiger partial charge in [-0.15, -0.1) is 0 Å². The third-order valence-corrected chi connectivity index (χ3v) is 7.84. The van der Waals surface area contributed by atoms with Crippen LogP contribution in [0.1, 0.15) is 37.4 Å². The lowest BCUT2D eigenvalue weighted by Gasteiger charge is -2.23. The standard InChI is InChI=1S/C30H26ClN3O2S2/c1-3-16-36-26-15-14-22(17-25(26)31)28-23(19-33(32-28)24-12-8-5-9-13-24)18-27-29(35)34(30(37)38-27)20(2)21-10-6-4-7-11-21/h4-15,17-20H,3,16H2,1-2H3/b27-18-/t20-/m0/s1. The van der Waals surface area contributed by atoms with Gasteiger partial charge in [0, 0.05) is 17.3 Å². The highest BCUT2D eigenvalue weighted by Crippen LogP contribution is 2.39. The molecule has 1 aliphatic rings. The molecule has 0 bridgehead atoms. The molecule has 0 spiro atoms. The van der Waals surface area contributed by atoms with Crippen molar-refractivity contribution in [3.05, 3.63) is 106 Å².